The third kappa shape index (κ3) is 3.26. The maximum Gasteiger partial charge on any atom is 0.250 e. The molecule has 0 radical (unpaired) electrons. The minimum Gasteiger partial charge on any atom is -0.481 e. The zero-order valence-corrected chi connectivity index (χ0v) is 13.0. The van der Waals surface area contributed by atoms with Gasteiger partial charge >= 0.3 is 0 Å². The highest BCUT2D eigenvalue weighted by atomic mass is 16.5. The molecule has 2 aromatic rings. The Labute approximate surface area is 124 Å². The SMILES string of the molecule is CCCn1cc(NCc2c(C)nn(C)c2OC)ccc1=O. The highest BCUT2D eigenvalue weighted by Crippen LogP contribution is 2.21. The van der Waals surface area contributed by atoms with Gasteiger partial charge in [0.15, 0.2) is 0 Å². The lowest BCUT2D eigenvalue weighted by Gasteiger charge is -2.10. The third-order valence-electron chi connectivity index (χ3n) is 3.40. The molecule has 0 bridgehead atoms. The molecule has 2 aromatic heterocycles. The molecule has 1 N–H and O–H groups in total. The Morgan fingerprint density at radius 3 is 2.81 bits per heavy atom. The monoisotopic (exact) mass is 290 g/mol. The summed E-state index contributed by atoms with van der Waals surface area (Å²) in [6.07, 6.45) is 2.78. The summed E-state index contributed by atoms with van der Waals surface area (Å²) < 4.78 is 8.82. The number of methoxy groups -OCH3 is 1. The summed E-state index contributed by atoms with van der Waals surface area (Å²) in [5.74, 6) is 0.752. The van der Waals surface area contributed by atoms with Crippen LogP contribution in [0.1, 0.15) is 24.6 Å². The van der Waals surface area contributed by atoms with Crippen molar-refractivity contribution in [2.45, 2.75) is 33.4 Å². The van der Waals surface area contributed by atoms with Crippen molar-refractivity contribution in [3.8, 4) is 5.88 Å². The lowest BCUT2D eigenvalue weighted by Crippen LogP contribution is -2.18. The second-order valence-corrected chi connectivity index (χ2v) is 5.00. The topological polar surface area (TPSA) is 61.1 Å². The molecule has 114 valence electrons. The number of pyridine rings is 1. The molecule has 0 atom stereocenters. The number of aromatic nitrogens is 3. The van der Waals surface area contributed by atoms with Crippen molar-refractivity contribution in [2.24, 2.45) is 7.05 Å². The fraction of sp³-hybridized carbons (Fsp3) is 0.467. The van der Waals surface area contributed by atoms with E-state index < -0.39 is 0 Å². The van der Waals surface area contributed by atoms with Crippen LogP contribution < -0.4 is 15.6 Å². The van der Waals surface area contributed by atoms with Gasteiger partial charge in [-0.1, -0.05) is 6.92 Å². The van der Waals surface area contributed by atoms with E-state index in [-0.39, 0.29) is 5.56 Å². The number of ether oxygens (including phenoxy) is 1. The fourth-order valence-corrected chi connectivity index (χ4v) is 2.38. The van der Waals surface area contributed by atoms with E-state index in [2.05, 4.69) is 17.3 Å². The molecule has 0 aromatic carbocycles. The molecule has 0 aliphatic rings. The molecule has 2 rings (SSSR count). The molecule has 0 saturated heterocycles. The first-order chi connectivity index (χ1) is 10.1. The van der Waals surface area contributed by atoms with Gasteiger partial charge in [-0.05, 0) is 19.4 Å². The third-order valence-corrected chi connectivity index (χ3v) is 3.40. The van der Waals surface area contributed by atoms with Crippen LogP contribution in [0, 0.1) is 6.92 Å². The minimum absolute atomic E-state index is 0.0255. The summed E-state index contributed by atoms with van der Waals surface area (Å²) in [6.45, 7) is 5.34. The maximum atomic E-state index is 11.7. The van der Waals surface area contributed by atoms with E-state index in [4.69, 9.17) is 4.74 Å². The van der Waals surface area contributed by atoms with Gasteiger partial charge in [-0.25, -0.2) is 4.68 Å². The van der Waals surface area contributed by atoms with Crippen LogP contribution in [0.25, 0.3) is 0 Å². The van der Waals surface area contributed by atoms with Gasteiger partial charge in [0, 0.05) is 32.4 Å². The van der Waals surface area contributed by atoms with Crippen LogP contribution in [0.2, 0.25) is 0 Å². The Bertz CT molecular complexity index is 673. The van der Waals surface area contributed by atoms with Gasteiger partial charge in [0.2, 0.25) is 5.88 Å². The van der Waals surface area contributed by atoms with Gasteiger partial charge in [0.05, 0.1) is 24.1 Å². The fourth-order valence-electron chi connectivity index (χ4n) is 2.38. The first-order valence-electron chi connectivity index (χ1n) is 7.07. The summed E-state index contributed by atoms with van der Waals surface area (Å²) in [6, 6.07) is 3.39. The van der Waals surface area contributed by atoms with Crippen LogP contribution in [0.3, 0.4) is 0 Å². The molecule has 21 heavy (non-hydrogen) atoms. The number of rotatable bonds is 6. The molecule has 0 aliphatic carbocycles. The van der Waals surface area contributed by atoms with Crippen LogP contribution in [-0.2, 0) is 20.1 Å². The molecular formula is C15H22N4O2. The van der Waals surface area contributed by atoms with Crippen molar-refractivity contribution in [1.82, 2.24) is 14.3 Å². The average Bonchev–Trinajstić information content (AvgIpc) is 2.73. The Hall–Kier alpha value is -2.24. The van der Waals surface area contributed by atoms with Crippen molar-refractivity contribution in [3.63, 3.8) is 0 Å². The van der Waals surface area contributed by atoms with E-state index in [1.807, 2.05) is 20.2 Å². The van der Waals surface area contributed by atoms with Gasteiger partial charge < -0.3 is 14.6 Å². The maximum absolute atomic E-state index is 11.7. The minimum atomic E-state index is 0.0255. The number of anilines is 1. The van der Waals surface area contributed by atoms with Crippen LogP contribution >= 0.6 is 0 Å². The standard InChI is InChI=1S/C15H22N4O2/c1-5-8-19-10-12(6-7-14(19)20)16-9-13-11(2)17-18(3)15(13)21-4/h6-7,10,16H,5,8-9H2,1-4H3. The first kappa shape index (κ1) is 15.2. The van der Waals surface area contributed by atoms with E-state index in [0.29, 0.717) is 6.54 Å². The smallest absolute Gasteiger partial charge is 0.250 e. The molecule has 0 unspecified atom stereocenters. The highest BCUT2D eigenvalue weighted by molar-refractivity contribution is 5.43. The van der Waals surface area contributed by atoms with E-state index >= 15 is 0 Å². The summed E-state index contributed by atoms with van der Waals surface area (Å²) in [4.78, 5) is 11.7. The number of aryl methyl sites for hydroxylation is 3. The van der Waals surface area contributed by atoms with E-state index in [9.17, 15) is 4.79 Å². The van der Waals surface area contributed by atoms with Crippen molar-refractivity contribution >= 4 is 5.69 Å². The lowest BCUT2D eigenvalue weighted by molar-refractivity contribution is 0.370. The van der Waals surface area contributed by atoms with Gasteiger partial charge in [0.25, 0.3) is 5.56 Å². The number of hydrogen-bond donors (Lipinski definition) is 1. The van der Waals surface area contributed by atoms with Crippen molar-refractivity contribution in [2.75, 3.05) is 12.4 Å². The number of nitrogens with zero attached hydrogens (tertiary/aromatic N) is 3. The quantitative estimate of drug-likeness (QED) is 0.883. The molecule has 2 heterocycles. The summed E-state index contributed by atoms with van der Waals surface area (Å²) >= 11 is 0. The van der Waals surface area contributed by atoms with Crippen LogP contribution in [0.15, 0.2) is 23.1 Å². The lowest BCUT2D eigenvalue weighted by atomic mass is 10.2. The Balaban J connectivity index is 2.17. The van der Waals surface area contributed by atoms with Crippen molar-refractivity contribution in [3.05, 3.63) is 39.9 Å². The molecular weight excluding hydrogens is 268 g/mol. The first-order valence-corrected chi connectivity index (χ1v) is 7.07. The Kier molecular flexibility index (Phi) is 4.67. The highest BCUT2D eigenvalue weighted by Gasteiger charge is 2.13. The van der Waals surface area contributed by atoms with E-state index in [1.54, 1.807) is 28.5 Å². The molecule has 6 heteroatoms. The van der Waals surface area contributed by atoms with Gasteiger partial charge in [-0.3, -0.25) is 4.79 Å². The second kappa shape index (κ2) is 6.47. The Morgan fingerprint density at radius 2 is 2.14 bits per heavy atom. The molecule has 0 fully saturated rings. The molecule has 6 nitrogen and oxygen atoms in total. The zero-order chi connectivity index (χ0) is 15.4. The summed E-state index contributed by atoms with van der Waals surface area (Å²) in [5.41, 5.74) is 2.89. The summed E-state index contributed by atoms with van der Waals surface area (Å²) in [7, 11) is 3.50. The molecule has 0 aliphatic heterocycles. The average molecular weight is 290 g/mol. The largest absolute Gasteiger partial charge is 0.481 e. The van der Waals surface area contributed by atoms with Gasteiger partial charge in [-0.15, -0.1) is 0 Å². The van der Waals surface area contributed by atoms with Crippen LogP contribution in [0.4, 0.5) is 5.69 Å². The Morgan fingerprint density at radius 1 is 1.38 bits per heavy atom. The zero-order valence-electron chi connectivity index (χ0n) is 13.0. The predicted molar refractivity (Wildman–Crippen MR) is 82.8 cm³/mol. The van der Waals surface area contributed by atoms with Crippen molar-refractivity contribution in [1.29, 1.82) is 0 Å². The van der Waals surface area contributed by atoms with Crippen LogP contribution in [0.5, 0.6) is 5.88 Å². The summed E-state index contributed by atoms with van der Waals surface area (Å²) in [5, 5.41) is 7.67. The van der Waals surface area contributed by atoms with Crippen molar-refractivity contribution < 1.29 is 4.74 Å². The predicted octanol–water partition coefficient (Wildman–Crippen LogP) is 1.92. The number of nitrogens with one attached hydrogen (secondary N) is 1. The molecule has 0 amide bonds. The second-order valence-electron chi connectivity index (χ2n) is 5.00. The molecule has 0 saturated carbocycles. The molecule has 0 spiro atoms. The van der Waals surface area contributed by atoms with Crippen LogP contribution in [-0.4, -0.2) is 21.5 Å². The van der Waals surface area contributed by atoms with Gasteiger partial charge in [0.1, 0.15) is 0 Å². The van der Waals surface area contributed by atoms with E-state index in [0.717, 1.165) is 35.8 Å². The van der Waals surface area contributed by atoms with Gasteiger partial charge in [-0.2, -0.15) is 5.10 Å². The number of hydrogen-bond acceptors (Lipinski definition) is 4. The van der Waals surface area contributed by atoms with E-state index in [1.165, 1.54) is 0 Å². The normalized spacial score (nSPS) is 10.7.